The third-order valence-electron chi connectivity index (χ3n) is 3.90. The summed E-state index contributed by atoms with van der Waals surface area (Å²) in [5.74, 6) is -3.00. The number of carbonyl (C=O) groups is 2. The van der Waals surface area contributed by atoms with Gasteiger partial charge in [0.2, 0.25) is 5.91 Å². The highest BCUT2D eigenvalue weighted by atomic mass is 19.1. The summed E-state index contributed by atoms with van der Waals surface area (Å²) in [4.78, 5) is 23.1. The Balaban J connectivity index is 2.15. The average molecular weight is 265 g/mol. The summed E-state index contributed by atoms with van der Waals surface area (Å²) in [5.41, 5.74) is 0.176. The Kier molecular flexibility index (Phi) is 3.08. The lowest BCUT2D eigenvalue weighted by Gasteiger charge is -2.09. The van der Waals surface area contributed by atoms with Crippen LogP contribution in [0, 0.1) is 30.0 Å². The van der Waals surface area contributed by atoms with Gasteiger partial charge in [0, 0.05) is 11.3 Å². The maximum atomic E-state index is 13.4. The summed E-state index contributed by atoms with van der Waals surface area (Å²) in [6.45, 7) is 5.06. The number of halogens is 1. The van der Waals surface area contributed by atoms with Crippen molar-refractivity contribution in [3.05, 3.63) is 29.6 Å². The number of benzene rings is 1. The van der Waals surface area contributed by atoms with Crippen LogP contribution in [0.15, 0.2) is 18.2 Å². The van der Waals surface area contributed by atoms with E-state index in [1.54, 1.807) is 26.8 Å². The van der Waals surface area contributed by atoms with Gasteiger partial charge >= 0.3 is 5.97 Å². The lowest BCUT2D eigenvalue weighted by molar-refractivity contribution is -0.140. The van der Waals surface area contributed by atoms with E-state index in [1.807, 2.05) is 0 Å². The molecule has 1 amide bonds. The fourth-order valence-corrected chi connectivity index (χ4v) is 2.54. The van der Waals surface area contributed by atoms with Crippen molar-refractivity contribution in [3.63, 3.8) is 0 Å². The molecular weight excluding hydrogens is 249 g/mol. The quantitative estimate of drug-likeness (QED) is 0.882. The van der Waals surface area contributed by atoms with Crippen LogP contribution in [-0.4, -0.2) is 17.0 Å². The Bertz CT molecular complexity index is 554. The molecule has 0 aromatic heterocycles. The Morgan fingerprint density at radius 1 is 1.32 bits per heavy atom. The molecule has 2 rings (SSSR count). The molecule has 1 aliphatic rings. The molecular formula is C14H16FNO3. The highest BCUT2D eigenvalue weighted by Crippen LogP contribution is 2.58. The predicted octanol–water partition coefficient (Wildman–Crippen LogP) is 2.43. The lowest BCUT2D eigenvalue weighted by Crippen LogP contribution is -2.18. The number of amides is 1. The predicted molar refractivity (Wildman–Crippen MR) is 68.2 cm³/mol. The molecule has 0 aliphatic heterocycles. The number of anilines is 1. The summed E-state index contributed by atoms with van der Waals surface area (Å²) in [7, 11) is 0. The summed E-state index contributed by atoms with van der Waals surface area (Å²) in [6.07, 6.45) is 0. The van der Waals surface area contributed by atoms with Gasteiger partial charge in [-0.1, -0.05) is 19.9 Å². The van der Waals surface area contributed by atoms with Gasteiger partial charge in [-0.05, 0) is 24.5 Å². The van der Waals surface area contributed by atoms with Gasteiger partial charge in [-0.25, -0.2) is 4.39 Å². The summed E-state index contributed by atoms with van der Waals surface area (Å²) in [5, 5.41) is 11.6. The molecule has 0 radical (unpaired) electrons. The number of carboxylic acids is 1. The first kappa shape index (κ1) is 13.5. The van der Waals surface area contributed by atoms with E-state index in [1.165, 1.54) is 12.1 Å². The van der Waals surface area contributed by atoms with E-state index in [0.717, 1.165) is 0 Å². The minimum atomic E-state index is -0.971. The van der Waals surface area contributed by atoms with Crippen LogP contribution in [0.3, 0.4) is 0 Å². The first-order valence-corrected chi connectivity index (χ1v) is 6.05. The SMILES string of the molecule is Cc1c(F)cccc1NC(=O)C1C(C(=O)O)C1(C)C. The van der Waals surface area contributed by atoms with Crippen LogP contribution in [0.2, 0.25) is 0 Å². The molecule has 1 aromatic rings. The summed E-state index contributed by atoms with van der Waals surface area (Å²) in [6, 6.07) is 4.41. The smallest absolute Gasteiger partial charge is 0.307 e. The Morgan fingerprint density at radius 3 is 2.47 bits per heavy atom. The second-order valence-electron chi connectivity index (χ2n) is 5.52. The van der Waals surface area contributed by atoms with Crippen molar-refractivity contribution < 1.29 is 19.1 Å². The minimum Gasteiger partial charge on any atom is -0.481 e. The molecule has 4 nitrogen and oxygen atoms in total. The number of hydrogen-bond acceptors (Lipinski definition) is 2. The van der Waals surface area contributed by atoms with E-state index in [2.05, 4.69) is 5.32 Å². The van der Waals surface area contributed by atoms with Gasteiger partial charge in [0.1, 0.15) is 5.82 Å². The zero-order chi connectivity index (χ0) is 14.4. The van der Waals surface area contributed by atoms with Crippen LogP contribution < -0.4 is 5.32 Å². The number of carbonyl (C=O) groups excluding carboxylic acids is 1. The van der Waals surface area contributed by atoms with Gasteiger partial charge in [-0.15, -0.1) is 0 Å². The zero-order valence-corrected chi connectivity index (χ0v) is 11.0. The second kappa shape index (κ2) is 4.33. The van der Waals surface area contributed by atoms with Crippen molar-refractivity contribution in [1.82, 2.24) is 0 Å². The third-order valence-corrected chi connectivity index (χ3v) is 3.90. The number of nitrogens with one attached hydrogen (secondary N) is 1. The van der Waals surface area contributed by atoms with Crippen LogP contribution in [0.5, 0.6) is 0 Å². The van der Waals surface area contributed by atoms with Crippen LogP contribution in [0.25, 0.3) is 0 Å². The molecule has 0 bridgehead atoms. The van der Waals surface area contributed by atoms with E-state index in [4.69, 9.17) is 5.11 Å². The van der Waals surface area contributed by atoms with E-state index in [-0.39, 0.29) is 5.91 Å². The van der Waals surface area contributed by atoms with Crippen LogP contribution >= 0.6 is 0 Å². The van der Waals surface area contributed by atoms with Crippen molar-refractivity contribution in [2.45, 2.75) is 20.8 Å². The number of carboxylic acid groups (broad SMARTS) is 1. The van der Waals surface area contributed by atoms with Crippen molar-refractivity contribution in [1.29, 1.82) is 0 Å². The van der Waals surface area contributed by atoms with Crippen molar-refractivity contribution in [2.24, 2.45) is 17.3 Å². The topological polar surface area (TPSA) is 66.4 Å². The fourth-order valence-electron chi connectivity index (χ4n) is 2.54. The standard InChI is InChI=1S/C14H16FNO3/c1-7-8(15)5-4-6-9(7)16-12(17)10-11(13(18)19)14(10,2)3/h4-6,10-11H,1-3H3,(H,16,17)(H,18,19). The van der Waals surface area contributed by atoms with Crippen molar-refractivity contribution >= 4 is 17.6 Å². The molecule has 0 saturated heterocycles. The zero-order valence-electron chi connectivity index (χ0n) is 11.0. The Hall–Kier alpha value is -1.91. The molecule has 1 fully saturated rings. The van der Waals surface area contributed by atoms with E-state index in [0.29, 0.717) is 11.3 Å². The molecule has 2 N–H and O–H groups in total. The number of hydrogen-bond donors (Lipinski definition) is 2. The molecule has 5 heteroatoms. The van der Waals surface area contributed by atoms with E-state index in [9.17, 15) is 14.0 Å². The third kappa shape index (κ3) is 2.20. The highest BCUT2D eigenvalue weighted by Gasteiger charge is 2.65. The normalized spacial score (nSPS) is 23.8. The van der Waals surface area contributed by atoms with E-state index >= 15 is 0 Å². The van der Waals surface area contributed by atoms with Crippen LogP contribution in [-0.2, 0) is 9.59 Å². The maximum Gasteiger partial charge on any atom is 0.307 e. The molecule has 2 unspecified atom stereocenters. The molecule has 19 heavy (non-hydrogen) atoms. The number of rotatable bonds is 3. The molecule has 0 heterocycles. The Labute approximate surface area is 110 Å². The molecule has 0 spiro atoms. The number of aliphatic carboxylic acids is 1. The first-order chi connectivity index (χ1) is 8.76. The van der Waals surface area contributed by atoms with Crippen LogP contribution in [0.4, 0.5) is 10.1 Å². The largest absolute Gasteiger partial charge is 0.481 e. The summed E-state index contributed by atoms with van der Waals surface area (Å²) >= 11 is 0. The van der Waals surface area contributed by atoms with E-state index < -0.39 is 29.0 Å². The Morgan fingerprint density at radius 2 is 1.95 bits per heavy atom. The fraction of sp³-hybridized carbons (Fsp3) is 0.429. The first-order valence-electron chi connectivity index (χ1n) is 6.05. The average Bonchev–Trinajstić information content (AvgIpc) is 2.88. The van der Waals surface area contributed by atoms with Gasteiger partial charge in [0.25, 0.3) is 0 Å². The molecule has 1 aromatic carbocycles. The van der Waals surface area contributed by atoms with Gasteiger partial charge in [-0.2, -0.15) is 0 Å². The maximum absolute atomic E-state index is 13.4. The van der Waals surface area contributed by atoms with Crippen molar-refractivity contribution in [3.8, 4) is 0 Å². The molecule has 2 atom stereocenters. The minimum absolute atomic E-state index is 0.348. The summed E-state index contributed by atoms with van der Waals surface area (Å²) < 4.78 is 13.4. The molecule has 102 valence electrons. The van der Waals surface area contributed by atoms with Crippen LogP contribution in [0.1, 0.15) is 19.4 Å². The highest BCUT2D eigenvalue weighted by molar-refractivity contribution is 6.00. The lowest BCUT2D eigenvalue weighted by atomic mass is 10.1. The van der Waals surface area contributed by atoms with Gasteiger partial charge in [0.15, 0.2) is 0 Å². The molecule has 1 saturated carbocycles. The molecule has 1 aliphatic carbocycles. The monoisotopic (exact) mass is 265 g/mol. The van der Waals surface area contributed by atoms with Gasteiger partial charge in [0.05, 0.1) is 11.8 Å². The second-order valence-corrected chi connectivity index (χ2v) is 5.52. The van der Waals surface area contributed by atoms with Crippen molar-refractivity contribution in [2.75, 3.05) is 5.32 Å². The van der Waals surface area contributed by atoms with Gasteiger partial charge in [-0.3, -0.25) is 9.59 Å². The van der Waals surface area contributed by atoms with Gasteiger partial charge < -0.3 is 10.4 Å².